The quantitative estimate of drug-likeness (QED) is 0.708. The average molecular weight is 417 g/mol. The molecule has 0 fully saturated rings. The van der Waals surface area contributed by atoms with Gasteiger partial charge in [-0.2, -0.15) is 0 Å². The predicted octanol–water partition coefficient (Wildman–Crippen LogP) is 3.99. The molecule has 0 radical (unpaired) electrons. The average Bonchev–Trinajstić information content (AvgIpc) is 2.57. The van der Waals surface area contributed by atoms with E-state index in [4.69, 9.17) is 0 Å². The maximum absolute atomic E-state index is 13.2. The summed E-state index contributed by atoms with van der Waals surface area (Å²) in [4.78, 5) is 13.2. The van der Waals surface area contributed by atoms with Crippen LogP contribution in [0, 0.1) is 13.8 Å². The summed E-state index contributed by atoms with van der Waals surface area (Å²) < 4.78 is 26.6. The minimum Gasteiger partial charge on any atom is -0.349 e. The van der Waals surface area contributed by atoms with Crippen molar-refractivity contribution in [3.05, 3.63) is 65.2 Å². The number of carbonyl (C=O) groups excluding carboxylic acids is 1. The fourth-order valence-corrected chi connectivity index (χ4v) is 4.90. The number of carbonyl (C=O) groups is 1. The highest BCUT2D eigenvalue weighted by Gasteiger charge is 2.34. The van der Waals surface area contributed by atoms with E-state index in [2.05, 4.69) is 5.32 Å². The fourth-order valence-electron chi connectivity index (χ4n) is 3.71. The van der Waals surface area contributed by atoms with Crippen LogP contribution < -0.4 is 9.62 Å². The molecule has 1 amide bonds. The van der Waals surface area contributed by atoms with Gasteiger partial charge in [-0.15, -0.1) is 0 Å². The summed E-state index contributed by atoms with van der Waals surface area (Å²) in [6, 6.07) is 14.7. The van der Waals surface area contributed by atoms with E-state index >= 15 is 0 Å². The van der Waals surface area contributed by atoms with Crippen molar-refractivity contribution in [2.75, 3.05) is 10.6 Å². The fraction of sp³-hybridized carbons (Fsp3) is 0.435. The zero-order valence-electron chi connectivity index (χ0n) is 18.2. The summed E-state index contributed by atoms with van der Waals surface area (Å²) >= 11 is 0. The van der Waals surface area contributed by atoms with Gasteiger partial charge in [-0.1, -0.05) is 43.3 Å². The lowest BCUT2D eigenvalue weighted by Crippen LogP contribution is -2.55. The molecule has 2 aromatic rings. The van der Waals surface area contributed by atoms with Crippen molar-refractivity contribution in [3.8, 4) is 0 Å². The van der Waals surface area contributed by atoms with Gasteiger partial charge < -0.3 is 5.32 Å². The minimum atomic E-state index is -3.65. The number of benzene rings is 2. The Kier molecular flexibility index (Phi) is 7.11. The Balaban J connectivity index is 2.33. The molecule has 5 nitrogen and oxygen atoms in total. The molecule has 0 aliphatic rings. The maximum Gasteiger partial charge on any atom is 0.244 e. The van der Waals surface area contributed by atoms with Crippen molar-refractivity contribution < 1.29 is 13.2 Å². The van der Waals surface area contributed by atoms with Crippen LogP contribution in [0.25, 0.3) is 0 Å². The van der Waals surface area contributed by atoms with Crippen molar-refractivity contribution in [2.24, 2.45) is 0 Å². The number of rotatable bonds is 8. The molecule has 1 atom stereocenters. The standard InChI is InChI=1S/C23H32N2O3S/c1-7-21(22(26)24-23(4,5)16-19-11-9-8-10-12-19)25(29(6,27)28)20-14-17(2)13-18(3)15-20/h8-15,21H,7,16H2,1-6H3,(H,24,26). The van der Waals surface area contributed by atoms with Crippen molar-refractivity contribution in [1.29, 1.82) is 0 Å². The number of aryl methyl sites for hydroxylation is 2. The smallest absolute Gasteiger partial charge is 0.244 e. The first-order valence-corrected chi connectivity index (χ1v) is 11.7. The van der Waals surface area contributed by atoms with E-state index in [1.807, 2.05) is 71.0 Å². The molecule has 2 aromatic carbocycles. The first-order chi connectivity index (χ1) is 13.4. The largest absolute Gasteiger partial charge is 0.349 e. The molecule has 1 unspecified atom stereocenters. The van der Waals surface area contributed by atoms with Gasteiger partial charge in [0.2, 0.25) is 15.9 Å². The van der Waals surface area contributed by atoms with Gasteiger partial charge in [0.15, 0.2) is 0 Å². The molecule has 158 valence electrons. The lowest BCUT2D eigenvalue weighted by molar-refractivity contribution is -0.123. The van der Waals surface area contributed by atoms with Gasteiger partial charge in [-0.25, -0.2) is 8.42 Å². The van der Waals surface area contributed by atoms with Gasteiger partial charge in [0.1, 0.15) is 6.04 Å². The number of nitrogens with zero attached hydrogens (tertiary/aromatic N) is 1. The molecule has 0 saturated heterocycles. The topological polar surface area (TPSA) is 66.5 Å². The molecule has 1 N–H and O–H groups in total. The first kappa shape index (κ1) is 22.9. The van der Waals surface area contributed by atoms with E-state index in [1.165, 1.54) is 4.31 Å². The lowest BCUT2D eigenvalue weighted by Gasteiger charge is -2.34. The van der Waals surface area contributed by atoms with Gasteiger partial charge in [-0.3, -0.25) is 9.10 Å². The SMILES string of the molecule is CCC(C(=O)NC(C)(C)Cc1ccccc1)N(c1cc(C)cc(C)c1)S(C)(=O)=O. The first-order valence-electron chi connectivity index (χ1n) is 9.86. The predicted molar refractivity (Wildman–Crippen MR) is 120 cm³/mol. The number of sulfonamides is 1. The third kappa shape index (κ3) is 6.32. The van der Waals surface area contributed by atoms with E-state index in [0.29, 0.717) is 18.5 Å². The minimum absolute atomic E-state index is 0.294. The highest BCUT2D eigenvalue weighted by molar-refractivity contribution is 7.92. The Bertz CT molecular complexity index is 933. The Morgan fingerprint density at radius 1 is 1.07 bits per heavy atom. The van der Waals surface area contributed by atoms with Crippen molar-refractivity contribution in [3.63, 3.8) is 0 Å². The zero-order valence-corrected chi connectivity index (χ0v) is 19.0. The summed E-state index contributed by atoms with van der Waals surface area (Å²) in [6.07, 6.45) is 2.17. The van der Waals surface area contributed by atoms with Crippen LogP contribution in [0.15, 0.2) is 48.5 Å². The molecule has 2 rings (SSSR count). The van der Waals surface area contributed by atoms with Crippen molar-refractivity contribution in [2.45, 2.75) is 59.0 Å². The van der Waals surface area contributed by atoms with Crippen LogP contribution in [-0.4, -0.2) is 32.2 Å². The summed E-state index contributed by atoms with van der Waals surface area (Å²) in [5.74, 6) is -0.294. The summed E-state index contributed by atoms with van der Waals surface area (Å²) in [5, 5.41) is 3.06. The molecular formula is C23H32N2O3S. The van der Waals surface area contributed by atoms with E-state index < -0.39 is 21.6 Å². The highest BCUT2D eigenvalue weighted by atomic mass is 32.2. The van der Waals surface area contributed by atoms with Crippen molar-refractivity contribution in [1.82, 2.24) is 5.32 Å². The Morgan fingerprint density at radius 2 is 1.62 bits per heavy atom. The molecule has 0 bridgehead atoms. The summed E-state index contributed by atoms with van der Waals surface area (Å²) in [7, 11) is -3.65. The Morgan fingerprint density at radius 3 is 2.10 bits per heavy atom. The molecule has 0 saturated carbocycles. The van der Waals surface area contributed by atoms with Crippen LogP contribution in [0.4, 0.5) is 5.69 Å². The second-order valence-corrected chi connectivity index (χ2v) is 10.2. The van der Waals surface area contributed by atoms with Crippen LogP contribution >= 0.6 is 0 Å². The van der Waals surface area contributed by atoms with Crippen LogP contribution in [0.1, 0.15) is 43.9 Å². The van der Waals surface area contributed by atoms with Gasteiger partial charge >= 0.3 is 0 Å². The van der Waals surface area contributed by atoms with Crippen LogP contribution in [0.2, 0.25) is 0 Å². The third-order valence-corrected chi connectivity index (χ3v) is 5.92. The van der Waals surface area contributed by atoms with Crippen molar-refractivity contribution >= 4 is 21.6 Å². The lowest BCUT2D eigenvalue weighted by atomic mass is 9.94. The monoisotopic (exact) mass is 416 g/mol. The summed E-state index contributed by atoms with van der Waals surface area (Å²) in [5.41, 5.74) is 3.02. The molecular weight excluding hydrogens is 384 g/mol. The molecule has 0 aromatic heterocycles. The molecule has 0 spiro atoms. The number of anilines is 1. The van der Waals surface area contributed by atoms with E-state index in [0.717, 1.165) is 22.9 Å². The molecule has 0 aliphatic heterocycles. The van der Waals surface area contributed by atoms with Gasteiger partial charge in [-0.05, 0) is 69.4 Å². The highest BCUT2D eigenvalue weighted by Crippen LogP contribution is 2.26. The van der Waals surface area contributed by atoms with E-state index in [-0.39, 0.29) is 5.91 Å². The zero-order chi connectivity index (χ0) is 21.8. The Hall–Kier alpha value is -2.34. The number of hydrogen-bond acceptors (Lipinski definition) is 3. The van der Waals surface area contributed by atoms with E-state index in [9.17, 15) is 13.2 Å². The molecule has 0 aliphatic carbocycles. The maximum atomic E-state index is 13.2. The van der Waals surface area contributed by atoms with Crippen LogP contribution in [-0.2, 0) is 21.2 Å². The number of nitrogens with one attached hydrogen (secondary N) is 1. The second-order valence-electron chi connectivity index (χ2n) is 8.36. The van der Waals surface area contributed by atoms with Gasteiger partial charge in [0.05, 0.1) is 11.9 Å². The van der Waals surface area contributed by atoms with Gasteiger partial charge in [0.25, 0.3) is 0 Å². The number of hydrogen-bond donors (Lipinski definition) is 1. The summed E-state index contributed by atoms with van der Waals surface area (Å²) in [6.45, 7) is 9.57. The van der Waals surface area contributed by atoms with Gasteiger partial charge in [0, 0.05) is 5.54 Å². The Labute approximate surface area is 175 Å². The molecule has 0 heterocycles. The number of amides is 1. The second kappa shape index (κ2) is 8.99. The normalized spacial score (nSPS) is 13.0. The van der Waals surface area contributed by atoms with Crippen LogP contribution in [0.3, 0.4) is 0 Å². The van der Waals surface area contributed by atoms with Crippen LogP contribution in [0.5, 0.6) is 0 Å². The molecule has 29 heavy (non-hydrogen) atoms. The van der Waals surface area contributed by atoms with E-state index in [1.54, 1.807) is 12.1 Å². The third-order valence-electron chi connectivity index (χ3n) is 4.74. The molecule has 6 heteroatoms.